The van der Waals surface area contributed by atoms with Crippen LogP contribution in [0.15, 0.2) is 65.5 Å². The molecule has 0 fully saturated rings. The Morgan fingerprint density at radius 3 is 2.61 bits per heavy atom. The Hall–Kier alpha value is -3.12. The molecule has 1 N–H and O–H groups in total. The number of hydrogen-bond acceptors (Lipinski definition) is 4. The summed E-state index contributed by atoms with van der Waals surface area (Å²) in [7, 11) is 1.61. The van der Waals surface area contributed by atoms with Crippen LogP contribution < -0.4 is 15.6 Å². The van der Waals surface area contributed by atoms with Crippen LogP contribution in [-0.2, 0) is 17.8 Å². The predicted octanol–water partition coefficient (Wildman–Crippen LogP) is 2.93. The first-order valence-electron chi connectivity index (χ1n) is 8.79. The first-order valence-corrected chi connectivity index (χ1v) is 9.17. The number of halogens is 1. The van der Waals surface area contributed by atoms with Crippen molar-refractivity contribution in [3.8, 4) is 17.0 Å². The van der Waals surface area contributed by atoms with E-state index in [9.17, 15) is 9.59 Å². The van der Waals surface area contributed by atoms with Crippen LogP contribution in [0.2, 0.25) is 5.02 Å². The summed E-state index contributed by atoms with van der Waals surface area (Å²) in [6, 6.07) is 17.8. The van der Waals surface area contributed by atoms with Crippen molar-refractivity contribution in [1.82, 2.24) is 15.1 Å². The monoisotopic (exact) mass is 397 g/mol. The van der Waals surface area contributed by atoms with Crippen LogP contribution in [0.4, 0.5) is 0 Å². The summed E-state index contributed by atoms with van der Waals surface area (Å²) in [5.74, 6) is 0.503. The number of nitrogens with zero attached hydrogens (tertiary/aromatic N) is 2. The number of para-hydroxylation sites is 1. The highest BCUT2D eigenvalue weighted by atomic mass is 35.5. The van der Waals surface area contributed by atoms with Gasteiger partial charge in [-0.3, -0.25) is 9.59 Å². The predicted molar refractivity (Wildman–Crippen MR) is 109 cm³/mol. The lowest BCUT2D eigenvalue weighted by atomic mass is 10.1. The van der Waals surface area contributed by atoms with Gasteiger partial charge in [-0.15, -0.1) is 0 Å². The lowest BCUT2D eigenvalue weighted by molar-refractivity contribution is -0.121. The average molecular weight is 398 g/mol. The molecule has 0 bridgehead atoms. The molecule has 1 amide bonds. The lowest BCUT2D eigenvalue weighted by Crippen LogP contribution is -2.34. The molecule has 0 saturated heterocycles. The van der Waals surface area contributed by atoms with E-state index in [2.05, 4.69) is 10.4 Å². The third-order valence-electron chi connectivity index (χ3n) is 4.21. The zero-order valence-electron chi connectivity index (χ0n) is 15.4. The normalized spacial score (nSPS) is 10.5. The number of amides is 1. The van der Waals surface area contributed by atoms with Crippen LogP contribution in [0.1, 0.15) is 5.56 Å². The Kier molecular flexibility index (Phi) is 6.45. The van der Waals surface area contributed by atoms with Crippen molar-refractivity contribution in [3.63, 3.8) is 0 Å². The minimum Gasteiger partial charge on any atom is -0.496 e. The lowest BCUT2D eigenvalue weighted by Gasteiger charge is -2.10. The summed E-state index contributed by atoms with van der Waals surface area (Å²) in [6.07, 6.45) is 0.628. The molecule has 1 aromatic heterocycles. The molecule has 0 saturated carbocycles. The highest BCUT2D eigenvalue weighted by Gasteiger charge is 2.09. The van der Waals surface area contributed by atoms with Crippen molar-refractivity contribution in [1.29, 1.82) is 0 Å². The second kappa shape index (κ2) is 9.19. The molecule has 2 aromatic carbocycles. The SMILES string of the molecule is COc1ccccc1CCNC(=O)Cn1nc(-c2ccc(Cl)cc2)ccc1=O. The minimum absolute atomic E-state index is 0.147. The van der Waals surface area contributed by atoms with Gasteiger partial charge in [-0.2, -0.15) is 5.10 Å². The van der Waals surface area contributed by atoms with Gasteiger partial charge < -0.3 is 10.1 Å². The van der Waals surface area contributed by atoms with Gasteiger partial charge in [0, 0.05) is 23.2 Å². The highest BCUT2D eigenvalue weighted by Crippen LogP contribution is 2.18. The number of aromatic nitrogens is 2. The van der Waals surface area contributed by atoms with Gasteiger partial charge in [-0.1, -0.05) is 41.9 Å². The van der Waals surface area contributed by atoms with Crippen molar-refractivity contribution in [2.75, 3.05) is 13.7 Å². The molecule has 0 unspecified atom stereocenters. The molecular formula is C21H20ClN3O3. The zero-order chi connectivity index (χ0) is 19.9. The Labute approximate surface area is 167 Å². The molecule has 0 aliphatic rings. The van der Waals surface area contributed by atoms with Crippen LogP contribution in [0.25, 0.3) is 11.3 Å². The summed E-state index contributed by atoms with van der Waals surface area (Å²) in [5.41, 5.74) is 2.08. The number of carbonyl (C=O) groups excluding carboxylic acids is 1. The molecule has 7 heteroatoms. The van der Waals surface area contributed by atoms with Gasteiger partial charge in [0.1, 0.15) is 12.3 Å². The van der Waals surface area contributed by atoms with E-state index >= 15 is 0 Å². The molecule has 28 heavy (non-hydrogen) atoms. The first kappa shape index (κ1) is 19.6. The number of carbonyl (C=O) groups is 1. The molecule has 0 aliphatic carbocycles. The summed E-state index contributed by atoms with van der Waals surface area (Å²) >= 11 is 5.90. The van der Waals surface area contributed by atoms with Crippen LogP contribution in [-0.4, -0.2) is 29.3 Å². The van der Waals surface area contributed by atoms with E-state index in [-0.39, 0.29) is 18.0 Å². The van der Waals surface area contributed by atoms with Crippen molar-refractivity contribution in [3.05, 3.63) is 81.6 Å². The largest absolute Gasteiger partial charge is 0.496 e. The quantitative estimate of drug-likeness (QED) is 0.665. The maximum Gasteiger partial charge on any atom is 0.267 e. The maximum atomic E-state index is 12.2. The van der Waals surface area contributed by atoms with E-state index in [1.54, 1.807) is 25.3 Å². The van der Waals surface area contributed by atoms with E-state index in [1.807, 2.05) is 36.4 Å². The number of methoxy groups -OCH3 is 1. The summed E-state index contributed by atoms with van der Waals surface area (Å²) < 4.78 is 6.46. The van der Waals surface area contributed by atoms with Crippen molar-refractivity contribution < 1.29 is 9.53 Å². The maximum absolute atomic E-state index is 12.2. The molecule has 144 valence electrons. The number of hydrogen-bond donors (Lipinski definition) is 1. The second-order valence-corrected chi connectivity index (χ2v) is 6.57. The van der Waals surface area contributed by atoms with Gasteiger partial charge in [-0.05, 0) is 36.2 Å². The molecular weight excluding hydrogens is 378 g/mol. The Morgan fingerprint density at radius 1 is 1.11 bits per heavy atom. The third-order valence-corrected chi connectivity index (χ3v) is 4.46. The topological polar surface area (TPSA) is 73.2 Å². The zero-order valence-corrected chi connectivity index (χ0v) is 16.1. The highest BCUT2D eigenvalue weighted by molar-refractivity contribution is 6.30. The summed E-state index contributed by atoms with van der Waals surface area (Å²) in [6.45, 7) is 0.289. The smallest absolute Gasteiger partial charge is 0.267 e. The number of nitrogens with one attached hydrogen (secondary N) is 1. The van der Waals surface area contributed by atoms with Crippen molar-refractivity contribution >= 4 is 17.5 Å². The number of ether oxygens (including phenoxy) is 1. The van der Waals surface area contributed by atoms with Crippen LogP contribution in [0.5, 0.6) is 5.75 Å². The van der Waals surface area contributed by atoms with E-state index in [1.165, 1.54) is 6.07 Å². The van der Waals surface area contributed by atoms with E-state index in [0.29, 0.717) is 23.7 Å². The number of rotatable bonds is 7. The van der Waals surface area contributed by atoms with Gasteiger partial charge >= 0.3 is 0 Å². The second-order valence-electron chi connectivity index (χ2n) is 6.13. The average Bonchev–Trinajstić information content (AvgIpc) is 2.70. The third kappa shape index (κ3) is 4.98. The molecule has 0 radical (unpaired) electrons. The molecule has 0 atom stereocenters. The van der Waals surface area contributed by atoms with E-state index in [4.69, 9.17) is 16.3 Å². The number of benzene rings is 2. The first-order chi connectivity index (χ1) is 13.6. The molecule has 3 rings (SSSR count). The molecule has 3 aromatic rings. The summed E-state index contributed by atoms with van der Waals surface area (Å²) in [5, 5.41) is 7.72. The van der Waals surface area contributed by atoms with Crippen LogP contribution in [0.3, 0.4) is 0 Å². The minimum atomic E-state index is -0.336. The van der Waals surface area contributed by atoms with Gasteiger partial charge in [0.15, 0.2) is 0 Å². The van der Waals surface area contributed by atoms with Crippen LogP contribution in [0, 0.1) is 0 Å². The van der Waals surface area contributed by atoms with E-state index in [0.717, 1.165) is 21.6 Å². The molecule has 0 aliphatic heterocycles. The fourth-order valence-electron chi connectivity index (χ4n) is 2.77. The molecule has 6 nitrogen and oxygen atoms in total. The standard InChI is InChI=1S/C21H20ClN3O3/c1-28-19-5-3-2-4-16(19)12-13-23-20(26)14-25-21(27)11-10-18(24-25)15-6-8-17(22)9-7-15/h2-11H,12-14H2,1H3,(H,23,26). The molecule has 1 heterocycles. The van der Waals surface area contributed by atoms with Gasteiger partial charge in [-0.25, -0.2) is 4.68 Å². The van der Waals surface area contributed by atoms with Gasteiger partial charge in [0.2, 0.25) is 5.91 Å². The summed E-state index contributed by atoms with van der Waals surface area (Å²) in [4.78, 5) is 24.3. The molecule has 0 spiro atoms. The Bertz CT molecular complexity index is 1020. The van der Waals surface area contributed by atoms with Gasteiger partial charge in [0.25, 0.3) is 5.56 Å². The van der Waals surface area contributed by atoms with E-state index < -0.39 is 0 Å². The van der Waals surface area contributed by atoms with Gasteiger partial charge in [0.05, 0.1) is 12.8 Å². The Morgan fingerprint density at radius 2 is 1.86 bits per heavy atom. The van der Waals surface area contributed by atoms with Crippen molar-refractivity contribution in [2.45, 2.75) is 13.0 Å². The Balaban J connectivity index is 1.63. The fraction of sp³-hybridized carbons (Fsp3) is 0.190. The fourth-order valence-corrected chi connectivity index (χ4v) is 2.90. The van der Waals surface area contributed by atoms with Crippen LogP contribution >= 0.6 is 11.6 Å². The van der Waals surface area contributed by atoms with Crippen molar-refractivity contribution in [2.24, 2.45) is 0 Å².